The Morgan fingerprint density at radius 1 is 1.14 bits per heavy atom. The summed E-state index contributed by atoms with van der Waals surface area (Å²) < 4.78 is 13.0. The third kappa shape index (κ3) is 3.71. The minimum Gasteiger partial charge on any atom is -0.477 e. The lowest BCUT2D eigenvalue weighted by molar-refractivity contribution is 0.0702. The van der Waals surface area contributed by atoms with Gasteiger partial charge in [0.2, 0.25) is 0 Å². The molecule has 116 valence electrons. The lowest BCUT2D eigenvalue weighted by Gasteiger charge is -2.25. The molecule has 1 amide bonds. The molecule has 2 N–H and O–H groups in total. The molecule has 0 saturated heterocycles. The molecule has 0 spiro atoms. The Morgan fingerprint density at radius 2 is 1.73 bits per heavy atom. The zero-order chi connectivity index (χ0) is 16.3. The topological polar surface area (TPSA) is 66.4 Å². The van der Waals surface area contributed by atoms with Gasteiger partial charge in [0.25, 0.3) is 5.91 Å². The molecule has 0 aliphatic carbocycles. The van der Waals surface area contributed by atoms with Crippen molar-refractivity contribution in [2.45, 2.75) is 19.3 Å². The second-order valence-corrected chi connectivity index (χ2v) is 6.63. The first-order valence-electron chi connectivity index (χ1n) is 6.67. The molecule has 0 radical (unpaired) electrons. The van der Waals surface area contributed by atoms with Crippen LogP contribution >= 0.6 is 11.3 Å². The largest absolute Gasteiger partial charge is 0.477 e. The van der Waals surface area contributed by atoms with E-state index in [9.17, 15) is 14.0 Å². The van der Waals surface area contributed by atoms with Crippen LogP contribution in [0.3, 0.4) is 0 Å². The van der Waals surface area contributed by atoms with E-state index in [2.05, 4.69) is 5.32 Å². The standard InChI is InChI=1S/C16H16FNO3S/c1-16(2,10-3-5-11(17)6-4-10)9-18-14(19)12-7-8-13(22-12)15(20)21/h3-8H,9H2,1-2H3,(H,18,19)(H,20,21). The molecule has 0 bridgehead atoms. The summed E-state index contributed by atoms with van der Waals surface area (Å²) in [6, 6.07) is 9.06. The molecule has 0 atom stereocenters. The molecule has 1 aromatic carbocycles. The first kappa shape index (κ1) is 16.2. The fourth-order valence-electron chi connectivity index (χ4n) is 1.97. The molecule has 22 heavy (non-hydrogen) atoms. The van der Waals surface area contributed by atoms with E-state index < -0.39 is 5.97 Å². The second-order valence-electron chi connectivity index (χ2n) is 5.54. The summed E-state index contributed by atoms with van der Waals surface area (Å²) in [6.45, 7) is 4.24. The Hall–Kier alpha value is -2.21. The van der Waals surface area contributed by atoms with E-state index in [4.69, 9.17) is 5.11 Å². The highest BCUT2D eigenvalue weighted by atomic mass is 32.1. The van der Waals surface area contributed by atoms with Gasteiger partial charge < -0.3 is 10.4 Å². The number of carbonyl (C=O) groups excluding carboxylic acids is 1. The van der Waals surface area contributed by atoms with E-state index in [0.717, 1.165) is 16.9 Å². The van der Waals surface area contributed by atoms with Crippen LogP contribution in [0.5, 0.6) is 0 Å². The average Bonchev–Trinajstić information content (AvgIpc) is 2.95. The van der Waals surface area contributed by atoms with Crippen LogP contribution in [0.25, 0.3) is 0 Å². The number of benzene rings is 1. The van der Waals surface area contributed by atoms with Crippen molar-refractivity contribution in [2.75, 3.05) is 6.54 Å². The summed E-state index contributed by atoms with van der Waals surface area (Å²) in [6.07, 6.45) is 0. The molecule has 4 nitrogen and oxygen atoms in total. The van der Waals surface area contributed by atoms with Crippen LogP contribution < -0.4 is 5.32 Å². The number of carboxylic acids is 1. The maximum Gasteiger partial charge on any atom is 0.345 e. The van der Waals surface area contributed by atoms with E-state index in [0.29, 0.717) is 11.4 Å². The number of amides is 1. The number of nitrogens with one attached hydrogen (secondary N) is 1. The van der Waals surface area contributed by atoms with Crippen molar-refractivity contribution in [3.8, 4) is 0 Å². The normalized spacial score (nSPS) is 11.2. The van der Waals surface area contributed by atoms with Crippen LogP contribution in [-0.4, -0.2) is 23.5 Å². The van der Waals surface area contributed by atoms with Gasteiger partial charge >= 0.3 is 5.97 Å². The molecule has 2 rings (SSSR count). The highest BCUT2D eigenvalue weighted by Gasteiger charge is 2.22. The van der Waals surface area contributed by atoms with E-state index in [1.54, 1.807) is 12.1 Å². The Kier molecular flexibility index (Phi) is 4.61. The highest BCUT2D eigenvalue weighted by Crippen LogP contribution is 2.23. The molecule has 0 saturated carbocycles. The fraction of sp³-hybridized carbons (Fsp3) is 0.250. The third-order valence-electron chi connectivity index (χ3n) is 3.36. The maximum absolute atomic E-state index is 13.0. The first-order chi connectivity index (χ1) is 10.3. The smallest absolute Gasteiger partial charge is 0.345 e. The zero-order valence-electron chi connectivity index (χ0n) is 12.2. The van der Waals surface area contributed by atoms with Crippen LogP contribution in [0.15, 0.2) is 36.4 Å². The molecular weight excluding hydrogens is 305 g/mol. The van der Waals surface area contributed by atoms with Crippen LogP contribution in [0.2, 0.25) is 0 Å². The number of hydrogen-bond donors (Lipinski definition) is 2. The van der Waals surface area contributed by atoms with Crippen molar-refractivity contribution in [3.63, 3.8) is 0 Å². The van der Waals surface area contributed by atoms with Crippen molar-refractivity contribution < 1.29 is 19.1 Å². The average molecular weight is 321 g/mol. The molecule has 6 heteroatoms. The third-order valence-corrected chi connectivity index (χ3v) is 4.43. The molecular formula is C16H16FNO3S. The van der Waals surface area contributed by atoms with Crippen molar-refractivity contribution in [1.82, 2.24) is 5.32 Å². The Balaban J connectivity index is 2.02. The number of rotatable bonds is 5. The minimum atomic E-state index is -1.05. The van der Waals surface area contributed by atoms with Gasteiger partial charge in [-0.15, -0.1) is 11.3 Å². The highest BCUT2D eigenvalue weighted by molar-refractivity contribution is 7.15. The molecule has 0 fully saturated rings. The van der Waals surface area contributed by atoms with E-state index in [1.807, 2.05) is 13.8 Å². The number of hydrogen-bond acceptors (Lipinski definition) is 3. The van der Waals surface area contributed by atoms with Crippen molar-refractivity contribution in [1.29, 1.82) is 0 Å². The lowest BCUT2D eigenvalue weighted by atomic mass is 9.84. The van der Waals surface area contributed by atoms with Gasteiger partial charge in [-0.25, -0.2) is 9.18 Å². The monoisotopic (exact) mass is 321 g/mol. The summed E-state index contributed by atoms with van der Waals surface area (Å²) in [4.78, 5) is 23.4. The Morgan fingerprint density at radius 3 is 2.27 bits per heavy atom. The van der Waals surface area contributed by atoms with Crippen LogP contribution in [-0.2, 0) is 5.41 Å². The van der Waals surface area contributed by atoms with Gasteiger partial charge in [-0.1, -0.05) is 26.0 Å². The van der Waals surface area contributed by atoms with Crippen LogP contribution in [0.1, 0.15) is 38.8 Å². The van der Waals surface area contributed by atoms with Gasteiger partial charge in [0.1, 0.15) is 10.7 Å². The molecule has 0 aliphatic heterocycles. The van der Waals surface area contributed by atoms with Gasteiger partial charge in [-0.2, -0.15) is 0 Å². The minimum absolute atomic E-state index is 0.128. The maximum atomic E-state index is 13.0. The van der Waals surface area contributed by atoms with Crippen LogP contribution in [0.4, 0.5) is 4.39 Å². The predicted molar refractivity (Wildman–Crippen MR) is 83.0 cm³/mol. The van der Waals surface area contributed by atoms with Gasteiger partial charge in [-0.05, 0) is 29.8 Å². The molecule has 0 unspecified atom stereocenters. The van der Waals surface area contributed by atoms with Gasteiger partial charge in [0, 0.05) is 12.0 Å². The number of carboxylic acid groups (broad SMARTS) is 1. The fourth-order valence-corrected chi connectivity index (χ4v) is 2.73. The van der Waals surface area contributed by atoms with Crippen molar-refractivity contribution >= 4 is 23.2 Å². The lowest BCUT2D eigenvalue weighted by Crippen LogP contribution is -2.36. The molecule has 1 aromatic heterocycles. The van der Waals surface area contributed by atoms with Gasteiger partial charge in [-0.3, -0.25) is 4.79 Å². The van der Waals surface area contributed by atoms with Crippen molar-refractivity contribution in [2.24, 2.45) is 0 Å². The molecule has 1 heterocycles. The van der Waals surface area contributed by atoms with E-state index >= 15 is 0 Å². The second kappa shape index (κ2) is 6.27. The summed E-state index contributed by atoms with van der Waals surface area (Å²) in [5, 5.41) is 11.6. The molecule has 2 aromatic rings. The summed E-state index contributed by atoms with van der Waals surface area (Å²) >= 11 is 0.936. The van der Waals surface area contributed by atoms with E-state index in [1.165, 1.54) is 24.3 Å². The predicted octanol–water partition coefficient (Wildman–Crippen LogP) is 3.29. The summed E-state index contributed by atoms with van der Waals surface area (Å²) in [5.41, 5.74) is 0.544. The zero-order valence-corrected chi connectivity index (χ0v) is 13.0. The quantitative estimate of drug-likeness (QED) is 0.888. The number of halogens is 1. The van der Waals surface area contributed by atoms with E-state index in [-0.39, 0.29) is 22.0 Å². The number of carbonyl (C=O) groups is 2. The summed E-state index contributed by atoms with van der Waals surface area (Å²) in [7, 11) is 0. The SMILES string of the molecule is CC(C)(CNC(=O)c1ccc(C(=O)O)s1)c1ccc(F)cc1. The summed E-state index contributed by atoms with van der Waals surface area (Å²) in [5.74, 6) is -1.66. The first-order valence-corrected chi connectivity index (χ1v) is 7.48. The van der Waals surface area contributed by atoms with Gasteiger partial charge in [0.15, 0.2) is 0 Å². The number of aromatic carboxylic acids is 1. The van der Waals surface area contributed by atoms with Crippen LogP contribution in [0, 0.1) is 5.82 Å². The van der Waals surface area contributed by atoms with Gasteiger partial charge in [0.05, 0.1) is 4.88 Å². The van der Waals surface area contributed by atoms with Crippen molar-refractivity contribution in [3.05, 3.63) is 57.5 Å². The Labute approximate surface area is 131 Å². The Bertz CT molecular complexity index is 692. The number of thiophene rings is 1. The molecule has 0 aliphatic rings.